The summed E-state index contributed by atoms with van der Waals surface area (Å²) in [6.07, 6.45) is 1.53. The van der Waals surface area contributed by atoms with E-state index < -0.39 is 0 Å². The molecule has 0 spiro atoms. The fourth-order valence-corrected chi connectivity index (χ4v) is 3.72. The average molecular weight is 390 g/mol. The molecule has 5 nitrogen and oxygen atoms in total. The Kier molecular flexibility index (Phi) is 5.25. The van der Waals surface area contributed by atoms with Crippen LogP contribution in [0.1, 0.15) is 21.5 Å². The van der Waals surface area contributed by atoms with Gasteiger partial charge in [0.2, 0.25) is 0 Å². The zero-order valence-electron chi connectivity index (χ0n) is 16.6. The molecule has 1 aromatic heterocycles. The fourth-order valence-electron chi connectivity index (χ4n) is 3.72. The summed E-state index contributed by atoms with van der Waals surface area (Å²) in [5, 5.41) is 0. The molecule has 3 aromatic rings. The molecule has 0 saturated carbocycles. The fraction of sp³-hybridized carbons (Fsp3) is 0.261. The van der Waals surface area contributed by atoms with Crippen LogP contribution < -0.4 is 4.90 Å². The van der Waals surface area contributed by atoms with Gasteiger partial charge in [-0.05, 0) is 50.2 Å². The van der Waals surface area contributed by atoms with Crippen molar-refractivity contribution in [2.75, 3.05) is 31.1 Å². The molecule has 6 heteroatoms. The number of carbonyl (C=O) groups is 1. The molecule has 1 fully saturated rings. The van der Waals surface area contributed by atoms with Crippen LogP contribution in [-0.2, 0) is 0 Å². The third-order valence-electron chi connectivity index (χ3n) is 5.15. The Morgan fingerprint density at radius 3 is 2.21 bits per heavy atom. The molecule has 2 heterocycles. The molecule has 1 amide bonds. The number of aryl methyl sites for hydroxylation is 2. The third kappa shape index (κ3) is 4.26. The van der Waals surface area contributed by atoms with E-state index >= 15 is 0 Å². The summed E-state index contributed by atoms with van der Waals surface area (Å²) in [4.78, 5) is 25.6. The SMILES string of the molecule is Cc1cc(C)cc(C(=O)N2CCN(c3cc(-c4ccc(F)cc4)ncn3)CC2)c1. The molecule has 0 unspecified atom stereocenters. The number of halogens is 1. The van der Waals surface area contributed by atoms with Gasteiger partial charge in [0.1, 0.15) is 18.0 Å². The van der Waals surface area contributed by atoms with Crippen molar-refractivity contribution in [2.24, 2.45) is 0 Å². The van der Waals surface area contributed by atoms with Crippen LogP contribution in [0, 0.1) is 19.7 Å². The van der Waals surface area contributed by atoms with Gasteiger partial charge in [0, 0.05) is 43.4 Å². The van der Waals surface area contributed by atoms with Gasteiger partial charge in [0.05, 0.1) is 5.69 Å². The zero-order chi connectivity index (χ0) is 20.4. The maximum Gasteiger partial charge on any atom is 0.253 e. The van der Waals surface area contributed by atoms with Gasteiger partial charge < -0.3 is 9.80 Å². The van der Waals surface area contributed by atoms with Crippen molar-refractivity contribution in [3.63, 3.8) is 0 Å². The van der Waals surface area contributed by atoms with Crippen LogP contribution in [0.4, 0.5) is 10.2 Å². The van der Waals surface area contributed by atoms with E-state index in [0.29, 0.717) is 26.2 Å². The van der Waals surface area contributed by atoms with E-state index in [1.807, 2.05) is 36.9 Å². The molecule has 4 rings (SSSR count). The molecule has 0 radical (unpaired) electrons. The number of benzene rings is 2. The molecular formula is C23H23FN4O. The summed E-state index contributed by atoms with van der Waals surface area (Å²) in [6.45, 7) is 6.71. The lowest BCUT2D eigenvalue weighted by atomic mass is 10.1. The molecule has 1 saturated heterocycles. The van der Waals surface area contributed by atoms with Crippen molar-refractivity contribution >= 4 is 11.7 Å². The normalized spacial score (nSPS) is 14.2. The first-order valence-electron chi connectivity index (χ1n) is 9.70. The second-order valence-electron chi connectivity index (χ2n) is 7.42. The van der Waals surface area contributed by atoms with Gasteiger partial charge in [0.15, 0.2) is 0 Å². The molecular weight excluding hydrogens is 367 g/mol. The summed E-state index contributed by atoms with van der Waals surface area (Å²) in [6, 6.07) is 14.1. The van der Waals surface area contributed by atoms with Crippen LogP contribution in [0.15, 0.2) is 54.9 Å². The number of rotatable bonds is 3. The highest BCUT2D eigenvalue weighted by molar-refractivity contribution is 5.94. The van der Waals surface area contributed by atoms with Gasteiger partial charge in [0.25, 0.3) is 5.91 Å². The van der Waals surface area contributed by atoms with Crippen LogP contribution in [0.3, 0.4) is 0 Å². The second kappa shape index (κ2) is 7.99. The van der Waals surface area contributed by atoms with E-state index in [9.17, 15) is 9.18 Å². The third-order valence-corrected chi connectivity index (χ3v) is 5.15. The van der Waals surface area contributed by atoms with Crippen molar-refractivity contribution < 1.29 is 9.18 Å². The van der Waals surface area contributed by atoms with E-state index in [0.717, 1.165) is 33.8 Å². The standard InChI is InChI=1S/C23H23FN4O/c1-16-11-17(2)13-19(12-16)23(29)28-9-7-27(8-10-28)22-14-21(25-15-26-22)18-3-5-20(24)6-4-18/h3-6,11-15H,7-10H2,1-2H3. The molecule has 2 aromatic carbocycles. The van der Waals surface area contributed by atoms with Crippen molar-refractivity contribution in [1.29, 1.82) is 0 Å². The predicted molar refractivity (Wildman–Crippen MR) is 111 cm³/mol. The van der Waals surface area contributed by atoms with Gasteiger partial charge in [-0.25, -0.2) is 14.4 Å². The number of aromatic nitrogens is 2. The van der Waals surface area contributed by atoms with Crippen molar-refractivity contribution in [2.45, 2.75) is 13.8 Å². The maximum atomic E-state index is 13.2. The lowest BCUT2D eigenvalue weighted by molar-refractivity contribution is 0.0746. The maximum absolute atomic E-state index is 13.2. The van der Waals surface area contributed by atoms with Crippen LogP contribution in [0.2, 0.25) is 0 Å². The van der Waals surface area contributed by atoms with Gasteiger partial charge in [-0.3, -0.25) is 4.79 Å². The molecule has 148 valence electrons. The quantitative estimate of drug-likeness (QED) is 0.681. The Labute approximate surface area is 169 Å². The molecule has 0 aliphatic carbocycles. The average Bonchev–Trinajstić information content (AvgIpc) is 2.73. The summed E-state index contributed by atoms with van der Waals surface area (Å²) in [7, 11) is 0. The minimum absolute atomic E-state index is 0.0751. The minimum atomic E-state index is -0.271. The van der Waals surface area contributed by atoms with Crippen LogP contribution in [0.5, 0.6) is 0 Å². The molecule has 1 aliphatic heterocycles. The first-order valence-corrected chi connectivity index (χ1v) is 9.70. The molecule has 0 atom stereocenters. The molecule has 29 heavy (non-hydrogen) atoms. The Morgan fingerprint density at radius 2 is 1.55 bits per heavy atom. The van der Waals surface area contributed by atoms with Gasteiger partial charge >= 0.3 is 0 Å². The first-order chi connectivity index (χ1) is 14.0. The summed E-state index contributed by atoms with van der Waals surface area (Å²) < 4.78 is 13.2. The van der Waals surface area contributed by atoms with Gasteiger partial charge in [-0.2, -0.15) is 0 Å². The highest BCUT2D eigenvalue weighted by atomic mass is 19.1. The highest BCUT2D eigenvalue weighted by Crippen LogP contribution is 2.22. The summed E-state index contributed by atoms with van der Waals surface area (Å²) in [5.41, 5.74) is 4.54. The number of carbonyl (C=O) groups excluding carboxylic acids is 1. The zero-order valence-corrected chi connectivity index (χ0v) is 16.6. The monoisotopic (exact) mass is 390 g/mol. The van der Waals surface area contributed by atoms with Crippen LogP contribution >= 0.6 is 0 Å². The van der Waals surface area contributed by atoms with Crippen molar-refractivity contribution in [3.05, 3.63) is 77.4 Å². The molecule has 1 aliphatic rings. The van der Waals surface area contributed by atoms with E-state index in [1.54, 1.807) is 12.1 Å². The topological polar surface area (TPSA) is 49.3 Å². The second-order valence-corrected chi connectivity index (χ2v) is 7.42. The smallest absolute Gasteiger partial charge is 0.253 e. The van der Waals surface area contributed by atoms with E-state index in [1.165, 1.54) is 18.5 Å². The Hall–Kier alpha value is -3.28. The first kappa shape index (κ1) is 19.1. The summed E-state index contributed by atoms with van der Waals surface area (Å²) >= 11 is 0. The molecule has 0 bridgehead atoms. The highest BCUT2D eigenvalue weighted by Gasteiger charge is 2.23. The van der Waals surface area contributed by atoms with E-state index in [2.05, 4.69) is 20.9 Å². The summed E-state index contributed by atoms with van der Waals surface area (Å²) in [5.74, 6) is 0.622. The Balaban J connectivity index is 1.45. The number of hydrogen-bond acceptors (Lipinski definition) is 4. The van der Waals surface area contributed by atoms with E-state index in [4.69, 9.17) is 0 Å². The van der Waals surface area contributed by atoms with Crippen LogP contribution in [0.25, 0.3) is 11.3 Å². The van der Waals surface area contributed by atoms with Gasteiger partial charge in [-0.15, -0.1) is 0 Å². The van der Waals surface area contributed by atoms with Crippen molar-refractivity contribution in [1.82, 2.24) is 14.9 Å². The molecule has 0 N–H and O–H groups in total. The van der Waals surface area contributed by atoms with E-state index in [-0.39, 0.29) is 11.7 Å². The lowest BCUT2D eigenvalue weighted by Gasteiger charge is -2.35. The predicted octanol–water partition coefficient (Wildman–Crippen LogP) is 3.86. The number of nitrogens with zero attached hydrogens (tertiary/aromatic N) is 4. The minimum Gasteiger partial charge on any atom is -0.353 e. The number of amides is 1. The largest absolute Gasteiger partial charge is 0.353 e. The Bertz CT molecular complexity index is 1010. The van der Waals surface area contributed by atoms with Gasteiger partial charge in [-0.1, -0.05) is 17.2 Å². The number of hydrogen-bond donors (Lipinski definition) is 0. The number of anilines is 1. The Morgan fingerprint density at radius 1 is 0.897 bits per heavy atom. The number of piperazine rings is 1. The van der Waals surface area contributed by atoms with Crippen molar-refractivity contribution in [3.8, 4) is 11.3 Å². The lowest BCUT2D eigenvalue weighted by Crippen LogP contribution is -2.49. The van der Waals surface area contributed by atoms with Crippen LogP contribution in [-0.4, -0.2) is 47.0 Å².